The van der Waals surface area contributed by atoms with E-state index in [-0.39, 0.29) is 5.91 Å². The van der Waals surface area contributed by atoms with Crippen LogP contribution >= 0.6 is 18.7 Å². The lowest BCUT2D eigenvalue weighted by Crippen LogP contribution is -2.18. The SMILES string of the molecule is COP(=O)(c1ccccc1)c1ccc(C(=O)Nc2cc(-c3ccsc3)ccc2N)cc1. The van der Waals surface area contributed by atoms with E-state index in [9.17, 15) is 9.36 Å². The van der Waals surface area contributed by atoms with Crippen LogP contribution in [0.25, 0.3) is 11.1 Å². The lowest BCUT2D eigenvalue weighted by molar-refractivity contribution is 0.102. The molecule has 0 radical (unpaired) electrons. The van der Waals surface area contributed by atoms with Crippen LogP contribution in [-0.4, -0.2) is 13.0 Å². The first-order valence-electron chi connectivity index (χ1n) is 9.57. The molecular weight excluding hydrogens is 427 g/mol. The summed E-state index contributed by atoms with van der Waals surface area (Å²) >= 11 is 1.61. The standard InChI is InChI=1S/C24H21N2O3PS/c1-29-30(28,20-5-3-2-4-6-20)21-10-7-17(8-11-21)24(27)26-23-15-18(9-12-22(23)25)19-13-14-31-16-19/h2-16H,25H2,1H3,(H,26,27). The third-order valence-corrected chi connectivity index (χ3v) is 8.13. The van der Waals surface area contributed by atoms with Crippen molar-refractivity contribution in [3.8, 4) is 11.1 Å². The minimum absolute atomic E-state index is 0.298. The van der Waals surface area contributed by atoms with Crippen LogP contribution in [0.5, 0.6) is 0 Å². The van der Waals surface area contributed by atoms with Gasteiger partial charge in [0.25, 0.3) is 13.3 Å². The fourth-order valence-electron chi connectivity index (χ4n) is 3.26. The van der Waals surface area contributed by atoms with E-state index in [4.69, 9.17) is 10.3 Å². The highest BCUT2D eigenvalue weighted by Gasteiger charge is 2.27. The fourth-order valence-corrected chi connectivity index (χ4v) is 5.75. The van der Waals surface area contributed by atoms with Crippen LogP contribution < -0.4 is 21.7 Å². The molecule has 0 saturated carbocycles. The highest BCUT2D eigenvalue weighted by Crippen LogP contribution is 2.43. The smallest absolute Gasteiger partial charge is 0.261 e. The van der Waals surface area contributed by atoms with Crippen molar-refractivity contribution >= 4 is 46.6 Å². The molecule has 156 valence electrons. The Bertz CT molecular complexity index is 1240. The van der Waals surface area contributed by atoms with Gasteiger partial charge >= 0.3 is 0 Å². The highest BCUT2D eigenvalue weighted by atomic mass is 32.1. The normalized spacial score (nSPS) is 12.8. The van der Waals surface area contributed by atoms with Gasteiger partial charge in [0.15, 0.2) is 0 Å². The van der Waals surface area contributed by atoms with Crippen molar-refractivity contribution in [1.29, 1.82) is 0 Å². The Morgan fingerprint density at radius 3 is 2.29 bits per heavy atom. The molecule has 4 aromatic rings. The summed E-state index contributed by atoms with van der Waals surface area (Å²) in [4.78, 5) is 12.8. The number of carbonyl (C=O) groups excluding carboxylic acids is 1. The van der Waals surface area contributed by atoms with E-state index in [2.05, 4.69) is 5.32 Å². The molecule has 1 unspecified atom stereocenters. The van der Waals surface area contributed by atoms with Crippen LogP contribution in [-0.2, 0) is 9.09 Å². The number of hydrogen-bond donors (Lipinski definition) is 2. The molecule has 7 heteroatoms. The van der Waals surface area contributed by atoms with Crippen molar-refractivity contribution in [2.45, 2.75) is 0 Å². The lowest BCUT2D eigenvalue weighted by Gasteiger charge is -2.17. The predicted molar refractivity (Wildman–Crippen MR) is 129 cm³/mol. The quantitative estimate of drug-likeness (QED) is 0.317. The summed E-state index contributed by atoms with van der Waals surface area (Å²) in [6.07, 6.45) is 0. The summed E-state index contributed by atoms with van der Waals surface area (Å²) in [6, 6.07) is 23.2. The predicted octanol–water partition coefficient (Wildman–Crippen LogP) is 5.12. The van der Waals surface area contributed by atoms with E-state index < -0.39 is 7.37 Å². The molecule has 1 heterocycles. The fraction of sp³-hybridized carbons (Fsp3) is 0.0417. The zero-order valence-electron chi connectivity index (χ0n) is 16.8. The van der Waals surface area contributed by atoms with E-state index in [1.807, 2.05) is 47.2 Å². The number of anilines is 2. The summed E-state index contributed by atoms with van der Waals surface area (Å²) in [6.45, 7) is 0. The van der Waals surface area contributed by atoms with Crippen LogP contribution in [0.2, 0.25) is 0 Å². The van der Waals surface area contributed by atoms with Gasteiger partial charge in [-0.25, -0.2) is 0 Å². The Hall–Kier alpha value is -3.18. The molecule has 5 nitrogen and oxygen atoms in total. The van der Waals surface area contributed by atoms with Crippen molar-refractivity contribution in [3.05, 3.63) is 95.2 Å². The van der Waals surface area contributed by atoms with Gasteiger partial charge in [-0.05, 0) is 76.5 Å². The first kappa shape index (κ1) is 21.1. The Labute approximate surface area is 185 Å². The molecule has 0 spiro atoms. The number of nitrogen functional groups attached to an aromatic ring is 1. The molecule has 0 fully saturated rings. The third-order valence-electron chi connectivity index (χ3n) is 4.98. The summed E-state index contributed by atoms with van der Waals surface area (Å²) in [5, 5.41) is 8.04. The summed E-state index contributed by atoms with van der Waals surface area (Å²) in [5.41, 5.74) is 9.57. The zero-order chi connectivity index (χ0) is 21.8. The van der Waals surface area contributed by atoms with Gasteiger partial charge in [0.05, 0.1) is 11.4 Å². The minimum atomic E-state index is -3.21. The number of amides is 1. The van der Waals surface area contributed by atoms with Gasteiger partial charge in [0.1, 0.15) is 0 Å². The summed E-state index contributed by atoms with van der Waals surface area (Å²) < 4.78 is 18.8. The van der Waals surface area contributed by atoms with Crippen LogP contribution in [0, 0.1) is 0 Å². The maximum atomic E-state index is 13.4. The van der Waals surface area contributed by atoms with Gasteiger partial charge < -0.3 is 15.6 Å². The molecule has 4 rings (SSSR count). The lowest BCUT2D eigenvalue weighted by atomic mass is 10.1. The minimum Gasteiger partial charge on any atom is -0.397 e. The van der Waals surface area contributed by atoms with Crippen molar-refractivity contribution in [2.24, 2.45) is 0 Å². The topological polar surface area (TPSA) is 81.4 Å². The monoisotopic (exact) mass is 448 g/mol. The molecule has 1 atom stereocenters. The van der Waals surface area contributed by atoms with E-state index in [0.29, 0.717) is 27.5 Å². The molecule has 0 aliphatic carbocycles. The number of hydrogen-bond acceptors (Lipinski definition) is 5. The molecule has 1 amide bonds. The molecule has 31 heavy (non-hydrogen) atoms. The van der Waals surface area contributed by atoms with Gasteiger partial charge in [-0.3, -0.25) is 9.36 Å². The summed E-state index contributed by atoms with van der Waals surface area (Å²) in [5.74, 6) is -0.298. The first-order chi connectivity index (χ1) is 15.0. The number of nitrogens with one attached hydrogen (secondary N) is 1. The third kappa shape index (κ3) is 4.32. The number of benzene rings is 3. The van der Waals surface area contributed by atoms with Crippen molar-refractivity contribution in [3.63, 3.8) is 0 Å². The second-order valence-corrected chi connectivity index (χ2v) is 10.2. The van der Waals surface area contributed by atoms with Crippen LogP contribution in [0.15, 0.2) is 89.6 Å². The van der Waals surface area contributed by atoms with Gasteiger partial charge in [-0.15, -0.1) is 0 Å². The number of carbonyl (C=O) groups is 1. The van der Waals surface area contributed by atoms with E-state index >= 15 is 0 Å². The zero-order valence-corrected chi connectivity index (χ0v) is 18.5. The Morgan fingerprint density at radius 1 is 0.935 bits per heavy atom. The summed E-state index contributed by atoms with van der Waals surface area (Å²) in [7, 11) is -1.79. The van der Waals surface area contributed by atoms with Gasteiger partial charge in [0.2, 0.25) is 0 Å². The van der Waals surface area contributed by atoms with Gasteiger partial charge in [-0.2, -0.15) is 11.3 Å². The Balaban J connectivity index is 1.57. The van der Waals surface area contributed by atoms with Gasteiger partial charge in [0, 0.05) is 23.3 Å². The average Bonchev–Trinajstić information content (AvgIpc) is 3.35. The average molecular weight is 448 g/mol. The number of nitrogens with two attached hydrogens (primary N) is 1. The van der Waals surface area contributed by atoms with Crippen molar-refractivity contribution < 1.29 is 13.9 Å². The Morgan fingerprint density at radius 2 is 1.65 bits per heavy atom. The van der Waals surface area contributed by atoms with Crippen molar-refractivity contribution in [2.75, 3.05) is 18.2 Å². The van der Waals surface area contributed by atoms with E-state index in [0.717, 1.165) is 11.1 Å². The highest BCUT2D eigenvalue weighted by molar-refractivity contribution is 7.74. The first-order valence-corrected chi connectivity index (χ1v) is 12.1. The molecule has 0 bridgehead atoms. The van der Waals surface area contributed by atoms with Crippen LogP contribution in [0.1, 0.15) is 10.4 Å². The molecule has 0 aliphatic rings. The molecule has 0 aliphatic heterocycles. The van der Waals surface area contributed by atoms with E-state index in [1.165, 1.54) is 7.11 Å². The molecule has 3 aromatic carbocycles. The molecule has 3 N–H and O–H groups in total. The molecule has 0 saturated heterocycles. The Kier molecular flexibility index (Phi) is 6.05. The molecular formula is C24H21N2O3PS. The maximum absolute atomic E-state index is 13.4. The van der Waals surface area contributed by atoms with E-state index in [1.54, 1.807) is 53.8 Å². The van der Waals surface area contributed by atoms with Crippen molar-refractivity contribution in [1.82, 2.24) is 0 Å². The second-order valence-electron chi connectivity index (χ2n) is 6.88. The maximum Gasteiger partial charge on any atom is 0.261 e. The molecule has 1 aromatic heterocycles. The van der Waals surface area contributed by atoms with Crippen LogP contribution in [0.3, 0.4) is 0 Å². The number of rotatable bonds is 6. The van der Waals surface area contributed by atoms with Crippen LogP contribution in [0.4, 0.5) is 11.4 Å². The van der Waals surface area contributed by atoms with Gasteiger partial charge in [-0.1, -0.05) is 24.3 Å². The largest absolute Gasteiger partial charge is 0.397 e. The second kappa shape index (κ2) is 8.90. The number of thiophene rings is 1.